The van der Waals surface area contributed by atoms with Gasteiger partial charge in [0.15, 0.2) is 9.84 Å². The number of nitrogens with zero attached hydrogens (tertiary/aromatic N) is 2. The molecule has 0 radical (unpaired) electrons. The molecule has 3 fully saturated rings. The van der Waals surface area contributed by atoms with Gasteiger partial charge >= 0.3 is 5.97 Å². The number of carboxylic acids is 1. The van der Waals surface area contributed by atoms with Crippen LogP contribution in [-0.4, -0.2) is 65.4 Å². The van der Waals surface area contributed by atoms with E-state index in [2.05, 4.69) is 0 Å². The number of likely N-dealkylation sites (tertiary alicyclic amines) is 1. The summed E-state index contributed by atoms with van der Waals surface area (Å²) < 4.78 is 47.2. The van der Waals surface area contributed by atoms with Gasteiger partial charge in [-0.25, -0.2) is 17.6 Å². The van der Waals surface area contributed by atoms with E-state index in [9.17, 15) is 23.1 Å². The molecular weight excluding hydrogens is 694 g/mol. The van der Waals surface area contributed by atoms with Crippen molar-refractivity contribution in [2.75, 3.05) is 17.8 Å². The van der Waals surface area contributed by atoms with Crippen molar-refractivity contribution < 1.29 is 37.0 Å². The quantitative estimate of drug-likeness (QED) is 0.234. The first kappa shape index (κ1) is 35.2. The molecule has 1 aliphatic carbocycles. The normalized spacial score (nSPS) is 23.4. The van der Waals surface area contributed by atoms with Gasteiger partial charge in [0, 0.05) is 28.7 Å². The molecule has 6 rings (SSSR count). The number of ether oxygens (including phenoxy) is 1. The Labute approximate surface area is 294 Å². The SMILES string of the molecule is COc1cc(N2C(=O)CC23CC(c2cccc(Cl)c2)C(c2ccc(Cl)c(F)c2)N(C(CS(=O)(=O)C(C)(C)C)C2CC2)C3=O)ccc1C(=O)O. The first-order valence-electron chi connectivity index (χ1n) is 16.0. The van der Waals surface area contributed by atoms with Gasteiger partial charge in [0.2, 0.25) is 11.8 Å². The molecule has 0 bridgehead atoms. The second-order valence-corrected chi connectivity index (χ2v) is 17.8. The van der Waals surface area contributed by atoms with Crippen molar-refractivity contribution >= 4 is 56.5 Å². The number of halogens is 3. The number of hydrogen-bond acceptors (Lipinski definition) is 6. The van der Waals surface area contributed by atoms with Gasteiger partial charge < -0.3 is 14.7 Å². The third kappa shape index (κ3) is 6.18. The minimum atomic E-state index is -3.77. The molecule has 2 saturated heterocycles. The van der Waals surface area contributed by atoms with Crippen molar-refractivity contribution in [1.82, 2.24) is 4.90 Å². The molecule has 4 unspecified atom stereocenters. The smallest absolute Gasteiger partial charge is 0.339 e. The number of rotatable bonds is 9. The predicted octanol–water partition coefficient (Wildman–Crippen LogP) is 7.06. The third-order valence-corrected chi connectivity index (χ3v) is 13.3. The van der Waals surface area contributed by atoms with E-state index in [1.165, 1.54) is 42.3 Å². The molecule has 1 N–H and O–H groups in total. The van der Waals surface area contributed by atoms with Gasteiger partial charge in [0.05, 0.1) is 35.1 Å². The molecule has 9 nitrogen and oxygen atoms in total. The maximum atomic E-state index is 15.3. The summed E-state index contributed by atoms with van der Waals surface area (Å²) >= 11 is 12.6. The lowest BCUT2D eigenvalue weighted by atomic mass is 9.66. The summed E-state index contributed by atoms with van der Waals surface area (Å²) in [5.74, 6) is -3.79. The van der Waals surface area contributed by atoms with Crippen LogP contribution in [0.3, 0.4) is 0 Å². The maximum absolute atomic E-state index is 15.3. The standard InChI is InChI=1S/C36H37Cl2FN2O7S/c1-35(2,3)49(46,47)19-29(20-8-9-20)40-32(22-10-13-27(38)28(39)15-22)26(21-6-5-7-23(37)14-21)17-36(34(40)45)18-31(42)41(36)24-11-12-25(33(43)44)30(16-24)48-4/h5-7,10-16,20,26,29,32H,8-9,17-19H2,1-4H3,(H,43,44). The Morgan fingerprint density at radius 1 is 1.06 bits per heavy atom. The van der Waals surface area contributed by atoms with Crippen molar-refractivity contribution in [3.8, 4) is 5.75 Å². The van der Waals surface area contributed by atoms with E-state index >= 15 is 9.18 Å². The Morgan fingerprint density at radius 3 is 2.35 bits per heavy atom. The van der Waals surface area contributed by atoms with Crippen LogP contribution in [0.25, 0.3) is 0 Å². The third-order valence-electron chi connectivity index (χ3n) is 10.1. The van der Waals surface area contributed by atoms with Crippen LogP contribution in [0.2, 0.25) is 10.0 Å². The highest BCUT2D eigenvalue weighted by Crippen LogP contribution is 2.56. The number of sulfone groups is 1. The number of carboxylic acid groups (broad SMARTS) is 1. The van der Waals surface area contributed by atoms with Gasteiger partial charge in [-0.15, -0.1) is 0 Å². The van der Waals surface area contributed by atoms with Gasteiger partial charge in [-0.3, -0.25) is 14.5 Å². The fourth-order valence-corrected chi connectivity index (χ4v) is 8.98. The minimum Gasteiger partial charge on any atom is -0.496 e. The number of hydrogen-bond donors (Lipinski definition) is 1. The number of anilines is 1. The van der Waals surface area contributed by atoms with Crippen LogP contribution in [0.15, 0.2) is 60.7 Å². The first-order valence-corrected chi connectivity index (χ1v) is 18.4. The molecule has 260 valence electrons. The van der Waals surface area contributed by atoms with Gasteiger partial charge in [-0.05, 0) is 93.5 Å². The van der Waals surface area contributed by atoms with Crippen LogP contribution in [-0.2, 0) is 19.4 Å². The van der Waals surface area contributed by atoms with Crippen LogP contribution in [0, 0.1) is 11.7 Å². The summed E-state index contributed by atoms with van der Waals surface area (Å²) in [6, 6.07) is 14.0. The second-order valence-electron chi connectivity index (χ2n) is 14.1. The zero-order valence-electron chi connectivity index (χ0n) is 27.5. The van der Waals surface area contributed by atoms with Gasteiger partial charge in [-0.2, -0.15) is 0 Å². The van der Waals surface area contributed by atoms with E-state index < -0.39 is 55.8 Å². The molecule has 1 saturated carbocycles. The predicted molar refractivity (Wildman–Crippen MR) is 185 cm³/mol. The molecule has 0 aromatic heterocycles. The maximum Gasteiger partial charge on any atom is 0.339 e. The highest BCUT2D eigenvalue weighted by atomic mass is 35.5. The average molecular weight is 732 g/mol. The Balaban J connectivity index is 1.59. The van der Waals surface area contributed by atoms with Crippen LogP contribution in [0.1, 0.15) is 79.9 Å². The lowest BCUT2D eigenvalue weighted by Crippen LogP contribution is -2.75. The largest absolute Gasteiger partial charge is 0.496 e. The fourth-order valence-electron chi connectivity index (χ4n) is 7.28. The van der Waals surface area contributed by atoms with Crippen molar-refractivity contribution in [2.45, 2.75) is 74.7 Å². The number of β-lactam (4-membered cyclic amide) rings is 1. The zero-order valence-corrected chi connectivity index (χ0v) is 29.8. The second kappa shape index (κ2) is 12.6. The number of benzene rings is 3. The number of piperidine rings is 1. The zero-order chi connectivity index (χ0) is 35.6. The Hall–Kier alpha value is -3.67. The van der Waals surface area contributed by atoms with Gasteiger partial charge in [0.25, 0.3) is 0 Å². The van der Waals surface area contributed by atoms with Crippen molar-refractivity contribution in [1.29, 1.82) is 0 Å². The number of carbonyl (C=O) groups excluding carboxylic acids is 2. The minimum absolute atomic E-state index is 0.00741. The topological polar surface area (TPSA) is 121 Å². The number of aromatic carboxylic acids is 1. The Morgan fingerprint density at radius 2 is 1.78 bits per heavy atom. The Bertz CT molecular complexity index is 1960. The molecule has 49 heavy (non-hydrogen) atoms. The van der Waals surface area contributed by atoms with E-state index in [1.54, 1.807) is 49.9 Å². The lowest BCUT2D eigenvalue weighted by Gasteiger charge is -2.60. The van der Waals surface area contributed by atoms with E-state index in [1.807, 2.05) is 6.07 Å². The molecule has 3 aliphatic rings. The summed E-state index contributed by atoms with van der Waals surface area (Å²) in [6.45, 7) is 4.85. The monoisotopic (exact) mass is 730 g/mol. The van der Waals surface area contributed by atoms with Crippen molar-refractivity contribution in [2.24, 2.45) is 5.92 Å². The molecule has 3 aromatic rings. The van der Waals surface area contributed by atoms with E-state index in [0.717, 1.165) is 5.56 Å². The van der Waals surface area contributed by atoms with Crippen molar-refractivity contribution in [3.63, 3.8) is 0 Å². The van der Waals surface area contributed by atoms with E-state index in [-0.39, 0.29) is 52.4 Å². The summed E-state index contributed by atoms with van der Waals surface area (Å²) in [5.41, 5.74) is -0.181. The lowest BCUT2D eigenvalue weighted by molar-refractivity contribution is -0.157. The van der Waals surface area contributed by atoms with Crippen LogP contribution in [0.4, 0.5) is 10.1 Å². The molecule has 4 atom stereocenters. The Kier molecular flexibility index (Phi) is 9.03. The average Bonchev–Trinajstić information content (AvgIpc) is 3.87. The van der Waals surface area contributed by atoms with Gasteiger partial charge in [-0.1, -0.05) is 41.4 Å². The molecule has 3 aromatic carbocycles. The summed E-state index contributed by atoms with van der Waals surface area (Å²) in [6.07, 6.45) is 1.31. The molecule has 2 heterocycles. The molecule has 1 spiro atoms. The van der Waals surface area contributed by atoms with Gasteiger partial charge in [0.1, 0.15) is 22.7 Å². The fraction of sp³-hybridized carbons (Fsp3) is 0.417. The molecule has 2 amide bonds. The molecular formula is C36H37Cl2FN2O7S. The van der Waals surface area contributed by atoms with E-state index in [4.69, 9.17) is 27.9 Å². The number of methoxy groups -OCH3 is 1. The number of amides is 2. The first-order chi connectivity index (χ1) is 23.0. The van der Waals surface area contributed by atoms with Crippen LogP contribution in [0.5, 0.6) is 5.75 Å². The summed E-state index contributed by atoms with van der Waals surface area (Å²) in [5, 5.41) is 10.0. The highest BCUT2D eigenvalue weighted by molar-refractivity contribution is 7.92. The molecule has 2 aliphatic heterocycles. The van der Waals surface area contributed by atoms with Crippen molar-refractivity contribution in [3.05, 3.63) is 93.2 Å². The number of carbonyl (C=O) groups is 3. The van der Waals surface area contributed by atoms with Crippen LogP contribution < -0.4 is 9.64 Å². The highest BCUT2D eigenvalue weighted by Gasteiger charge is 2.65. The summed E-state index contributed by atoms with van der Waals surface area (Å²) in [4.78, 5) is 43.8. The van der Waals surface area contributed by atoms with Crippen LogP contribution >= 0.6 is 23.2 Å². The molecule has 13 heteroatoms. The summed E-state index contributed by atoms with van der Waals surface area (Å²) in [7, 11) is -2.46. The van der Waals surface area contributed by atoms with E-state index in [0.29, 0.717) is 23.4 Å².